The maximum atomic E-state index is 12.4. The van der Waals surface area contributed by atoms with Crippen LogP contribution in [-0.2, 0) is 47.4 Å². The van der Waals surface area contributed by atoms with Gasteiger partial charge >= 0.3 is 0 Å². The number of amides is 1. The second-order valence-electron chi connectivity index (χ2n) is 14.7. The Kier molecular flexibility index (Phi) is 17.1. The summed E-state index contributed by atoms with van der Waals surface area (Å²) in [6.45, 7) is -3.57. The summed E-state index contributed by atoms with van der Waals surface area (Å²) >= 11 is 0. The fraction of sp³-hybridized carbons (Fsp3) is 0.969. The molecule has 59 heavy (non-hydrogen) atoms. The molecule has 0 saturated carbocycles. The van der Waals surface area contributed by atoms with Gasteiger partial charge in [-0.15, -0.1) is 0 Å². The lowest BCUT2D eigenvalue weighted by molar-refractivity contribution is -0.386. The maximum Gasteiger partial charge on any atom is 0.217 e. The van der Waals surface area contributed by atoms with Gasteiger partial charge in [-0.25, -0.2) is 0 Å². The van der Waals surface area contributed by atoms with Crippen LogP contribution in [-0.4, -0.2) is 274 Å². The van der Waals surface area contributed by atoms with Crippen molar-refractivity contribution < 1.29 is 129 Å². The molecule has 0 aromatic rings. The van der Waals surface area contributed by atoms with Crippen LogP contribution >= 0.6 is 0 Å². The molecule has 0 aromatic carbocycles. The van der Waals surface area contributed by atoms with Crippen LogP contribution in [0.15, 0.2) is 0 Å². The number of nitrogens with one attached hydrogen (secondary N) is 1. The zero-order valence-electron chi connectivity index (χ0n) is 31.2. The Hall–Kier alpha value is -1.53. The fourth-order valence-corrected chi connectivity index (χ4v) is 7.43. The van der Waals surface area contributed by atoms with Crippen LogP contribution in [0.1, 0.15) is 6.92 Å². The highest BCUT2D eigenvalue weighted by Crippen LogP contribution is 2.35. The Balaban J connectivity index is 1.35. The van der Waals surface area contributed by atoms with Crippen molar-refractivity contribution in [1.82, 2.24) is 5.32 Å². The molecule has 27 heteroatoms. The molecule has 1 amide bonds. The molecule has 5 aliphatic rings. The number of rotatable bonds is 14. The van der Waals surface area contributed by atoms with E-state index in [9.17, 15) is 86.5 Å². The van der Waals surface area contributed by atoms with E-state index < -0.39 is 192 Å². The molecule has 17 N–H and O–H groups in total. The molecule has 0 aliphatic carbocycles. The number of aliphatic hydroxyl groups is 16. The van der Waals surface area contributed by atoms with E-state index in [0.717, 1.165) is 6.92 Å². The Labute approximate surface area is 333 Å². The monoisotopic (exact) mass is 869 g/mol. The van der Waals surface area contributed by atoms with Crippen LogP contribution in [0.2, 0.25) is 0 Å². The Morgan fingerprint density at radius 1 is 0.407 bits per heavy atom. The molecule has 5 fully saturated rings. The smallest absolute Gasteiger partial charge is 0.217 e. The minimum absolute atomic E-state index is 0.817. The van der Waals surface area contributed by atoms with E-state index in [0.29, 0.717) is 0 Å². The minimum atomic E-state index is -2.09. The summed E-state index contributed by atoms with van der Waals surface area (Å²) in [5.41, 5.74) is 0. The number of hydrogen-bond acceptors (Lipinski definition) is 26. The van der Waals surface area contributed by atoms with E-state index in [4.69, 9.17) is 42.6 Å². The average molecular weight is 870 g/mol. The third-order valence-electron chi connectivity index (χ3n) is 10.7. The lowest BCUT2D eigenvalue weighted by Crippen LogP contribution is -2.70. The SMILES string of the molecule is CC(=O)N[C@H]1[C@H](O[C@H]2[C@@H](O)[C@@H](CO)O[C@@H](O[C@H]3[C@H](O)[C@@H](O)[C@@H](O)O[C@@H]3CO)[C@@H]2O)O[C@H](CO)[C@@H](O[C@@H]2O[C@H](CO)[C@H](O)[C@H](O[C@H]3O[C@H](CO)[C@H](O)[C@H](O)[C@H]3O)[C@H]2O)[C@@H]1O. The first-order chi connectivity index (χ1) is 27.9. The van der Waals surface area contributed by atoms with Gasteiger partial charge in [0.05, 0.1) is 33.0 Å². The zero-order chi connectivity index (χ0) is 43.6. The molecule has 0 unspecified atom stereocenters. The van der Waals surface area contributed by atoms with E-state index >= 15 is 0 Å². The lowest BCUT2D eigenvalue weighted by atomic mass is 9.94. The van der Waals surface area contributed by atoms with Gasteiger partial charge in [0, 0.05) is 6.92 Å². The zero-order valence-corrected chi connectivity index (χ0v) is 31.2. The third-order valence-corrected chi connectivity index (χ3v) is 10.7. The summed E-state index contributed by atoms with van der Waals surface area (Å²) < 4.78 is 50.0. The molecule has 0 aromatic heterocycles. The van der Waals surface area contributed by atoms with Crippen molar-refractivity contribution in [3.05, 3.63) is 0 Å². The fourth-order valence-electron chi connectivity index (χ4n) is 7.43. The van der Waals surface area contributed by atoms with Gasteiger partial charge in [0.15, 0.2) is 31.5 Å². The first kappa shape index (κ1) is 48.5. The van der Waals surface area contributed by atoms with E-state index in [1.165, 1.54) is 0 Å². The first-order valence-corrected chi connectivity index (χ1v) is 18.6. The van der Waals surface area contributed by atoms with Crippen molar-refractivity contribution in [2.24, 2.45) is 0 Å². The van der Waals surface area contributed by atoms with Crippen LogP contribution in [0.4, 0.5) is 0 Å². The molecule has 0 radical (unpaired) electrons. The van der Waals surface area contributed by atoms with E-state index in [2.05, 4.69) is 5.32 Å². The Bertz CT molecular complexity index is 1320. The molecule has 0 bridgehead atoms. The van der Waals surface area contributed by atoms with E-state index in [-0.39, 0.29) is 0 Å². The standard InChI is InChI=1S/C32H55NO26/c1-7(39)33-13-17(43)24(56-31-23(49)27(16(42)10(4-36)53-31)59-30-21(47)18(44)14(40)8(2-34)52-30)12(6-38)55-29(13)58-26-15(41)9(3-35)54-32(22(26)48)57-25-11(5-37)51-28(50)20(46)19(25)45/h8-32,34-38,40-50H,2-6H2,1H3,(H,33,39)/t8-,9-,10-,11-,12-,13-,14+,15+,16+,17-,18+,19-,20-,21-,22-,23-,24-,25-,26+,27+,28+,29+,30-,31+,32+/m1/s1. The molecule has 5 saturated heterocycles. The summed E-state index contributed by atoms with van der Waals surface area (Å²) in [7, 11) is 0. The van der Waals surface area contributed by atoms with Gasteiger partial charge in [-0.2, -0.15) is 0 Å². The van der Waals surface area contributed by atoms with E-state index in [1.807, 2.05) is 0 Å². The maximum absolute atomic E-state index is 12.4. The number of carbonyl (C=O) groups is 1. The van der Waals surface area contributed by atoms with Crippen molar-refractivity contribution >= 4 is 5.91 Å². The summed E-state index contributed by atoms with van der Waals surface area (Å²) in [4.78, 5) is 12.4. The lowest BCUT2D eigenvalue weighted by Gasteiger charge is -2.50. The van der Waals surface area contributed by atoms with Crippen molar-refractivity contribution in [2.75, 3.05) is 33.0 Å². The number of carbonyl (C=O) groups excluding carboxylic acids is 1. The van der Waals surface area contributed by atoms with E-state index in [1.54, 1.807) is 0 Å². The van der Waals surface area contributed by atoms with Gasteiger partial charge in [-0.05, 0) is 0 Å². The molecule has 0 spiro atoms. The van der Waals surface area contributed by atoms with Crippen molar-refractivity contribution in [3.8, 4) is 0 Å². The Morgan fingerprint density at radius 2 is 0.780 bits per heavy atom. The molecule has 27 nitrogen and oxygen atoms in total. The molecule has 5 heterocycles. The van der Waals surface area contributed by atoms with Crippen LogP contribution < -0.4 is 5.32 Å². The molecule has 5 aliphatic heterocycles. The highest BCUT2D eigenvalue weighted by atomic mass is 16.8. The van der Waals surface area contributed by atoms with Gasteiger partial charge in [0.2, 0.25) is 5.91 Å². The summed E-state index contributed by atoms with van der Waals surface area (Å²) in [6.07, 6.45) is -44.3. The Morgan fingerprint density at radius 3 is 1.24 bits per heavy atom. The third kappa shape index (κ3) is 10.2. The highest BCUT2D eigenvalue weighted by molar-refractivity contribution is 5.73. The van der Waals surface area contributed by atoms with Gasteiger partial charge in [-0.1, -0.05) is 0 Å². The van der Waals surface area contributed by atoms with Gasteiger partial charge < -0.3 is 130 Å². The molecule has 344 valence electrons. The quantitative estimate of drug-likeness (QED) is 0.0770. The van der Waals surface area contributed by atoms with Crippen molar-refractivity contribution in [1.29, 1.82) is 0 Å². The normalized spacial score (nSPS) is 51.0. The number of ether oxygens (including phenoxy) is 9. The second-order valence-corrected chi connectivity index (χ2v) is 14.7. The molecular formula is C32H55NO26. The van der Waals surface area contributed by atoms with Crippen molar-refractivity contribution in [2.45, 2.75) is 160 Å². The number of aliphatic hydroxyl groups excluding tert-OH is 16. The second kappa shape index (κ2) is 20.8. The van der Waals surface area contributed by atoms with Crippen LogP contribution in [0.25, 0.3) is 0 Å². The molecule has 25 atom stereocenters. The first-order valence-electron chi connectivity index (χ1n) is 18.6. The van der Waals surface area contributed by atoms with Crippen molar-refractivity contribution in [3.63, 3.8) is 0 Å². The predicted molar refractivity (Wildman–Crippen MR) is 178 cm³/mol. The summed E-state index contributed by atoms with van der Waals surface area (Å²) in [5, 5.41) is 169. The highest BCUT2D eigenvalue weighted by Gasteiger charge is 2.57. The molecule has 5 rings (SSSR count). The minimum Gasteiger partial charge on any atom is -0.394 e. The molecular weight excluding hydrogens is 814 g/mol. The summed E-state index contributed by atoms with van der Waals surface area (Å²) in [5.74, 6) is -0.817. The number of hydrogen-bond donors (Lipinski definition) is 17. The predicted octanol–water partition coefficient (Wildman–Crippen LogP) is -11.8. The largest absolute Gasteiger partial charge is 0.394 e. The van der Waals surface area contributed by atoms with Crippen LogP contribution in [0.5, 0.6) is 0 Å². The van der Waals surface area contributed by atoms with Gasteiger partial charge in [0.1, 0.15) is 122 Å². The van der Waals surface area contributed by atoms with Crippen LogP contribution in [0, 0.1) is 0 Å². The van der Waals surface area contributed by atoms with Gasteiger partial charge in [-0.3, -0.25) is 4.79 Å². The van der Waals surface area contributed by atoms with Crippen LogP contribution in [0.3, 0.4) is 0 Å². The summed E-state index contributed by atoms with van der Waals surface area (Å²) in [6, 6.07) is -1.72. The topological polar surface area (TPSA) is 436 Å². The average Bonchev–Trinajstić information content (AvgIpc) is 3.21. The van der Waals surface area contributed by atoms with Gasteiger partial charge in [0.25, 0.3) is 0 Å².